The number of piperazine rings is 1. The van der Waals surface area contributed by atoms with Crippen molar-refractivity contribution in [3.05, 3.63) is 35.4 Å². The molecule has 1 fully saturated rings. The van der Waals surface area contributed by atoms with Crippen molar-refractivity contribution in [1.82, 2.24) is 9.80 Å². The zero-order valence-electron chi connectivity index (χ0n) is 13.0. The SMILES string of the molecule is CC[C@H]1CN(Cc2cccc(C#N)c2)CCN1C[C@H](C)O. The first-order valence-corrected chi connectivity index (χ1v) is 7.76. The van der Waals surface area contributed by atoms with Gasteiger partial charge in [-0.3, -0.25) is 9.80 Å². The summed E-state index contributed by atoms with van der Waals surface area (Å²) < 4.78 is 0. The smallest absolute Gasteiger partial charge is 0.0991 e. The van der Waals surface area contributed by atoms with Crippen molar-refractivity contribution < 1.29 is 5.11 Å². The summed E-state index contributed by atoms with van der Waals surface area (Å²) in [7, 11) is 0. The first-order chi connectivity index (χ1) is 10.1. The van der Waals surface area contributed by atoms with Crippen molar-refractivity contribution in [3.8, 4) is 6.07 Å². The Labute approximate surface area is 127 Å². The number of nitrogens with zero attached hydrogens (tertiary/aromatic N) is 3. The molecule has 2 atom stereocenters. The van der Waals surface area contributed by atoms with E-state index in [4.69, 9.17) is 5.26 Å². The summed E-state index contributed by atoms with van der Waals surface area (Å²) in [5, 5.41) is 18.6. The van der Waals surface area contributed by atoms with Crippen LogP contribution in [0.5, 0.6) is 0 Å². The highest BCUT2D eigenvalue weighted by molar-refractivity contribution is 5.32. The molecule has 1 aromatic carbocycles. The van der Waals surface area contributed by atoms with Crippen LogP contribution in [0.15, 0.2) is 24.3 Å². The lowest BCUT2D eigenvalue weighted by molar-refractivity contribution is 0.0338. The molecule has 0 unspecified atom stereocenters. The Morgan fingerprint density at radius 3 is 2.90 bits per heavy atom. The van der Waals surface area contributed by atoms with Gasteiger partial charge in [-0.2, -0.15) is 5.26 Å². The van der Waals surface area contributed by atoms with E-state index in [1.54, 1.807) is 0 Å². The van der Waals surface area contributed by atoms with E-state index in [9.17, 15) is 5.11 Å². The summed E-state index contributed by atoms with van der Waals surface area (Å²) in [6.07, 6.45) is 0.833. The van der Waals surface area contributed by atoms with Gasteiger partial charge in [0, 0.05) is 38.8 Å². The minimum absolute atomic E-state index is 0.266. The second kappa shape index (κ2) is 7.56. The molecule has 1 aliphatic rings. The molecule has 0 bridgehead atoms. The number of benzene rings is 1. The zero-order chi connectivity index (χ0) is 15.2. The third-order valence-electron chi connectivity index (χ3n) is 4.12. The second-order valence-electron chi connectivity index (χ2n) is 5.95. The van der Waals surface area contributed by atoms with E-state index in [0.29, 0.717) is 6.04 Å². The molecule has 4 heteroatoms. The lowest BCUT2D eigenvalue weighted by Gasteiger charge is -2.41. The molecule has 1 saturated heterocycles. The zero-order valence-corrected chi connectivity index (χ0v) is 13.0. The molecule has 2 rings (SSSR count). The summed E-state index contributed by atoms with van der Waals surface area (Å²) >= 11 is 0. The van der Waals surface area contributed by atoms with Gasteiger partial charge in [0.1, 0.15) is 0 Å². The van der Waals surface area contributed by atoms with Crippen LogP contribution in [0.3, 0.4) is 0 Å². The van der Waals surface area contributed by atoms with Crippen LogP contribution < -0.4 is 0 Å². The van der Waals surface area contributed by atoms with Gasteiger partial charge in [-0.25, -0.2) is 0 Å². The van der Waals surface area contributed by atoms with Crippen LogP contribution in [0.2, 0.25) is 0 Å². The predicted octanol–water partition coefficient (Wildman–Crippen LogP) is 1.84. The molecular formula is C17H25N3O. The fraction of sp³-hybridized carbons (Fsp3) is 0.588. The van der Waals surface area contributed by atoms with Crippen LogP contribution >= 0.6 is 0 Å². The largest absolute Gasteiger partial charge is 0.392 e. The van der Waals surface area contributed by atoms with Crippen molar-refractivity contribution in [2.24, 2.45) is 0 Å². The summed E-state index contributed by atoms with van der Waals surface area (Å²) in [4.78, 5) is 4.84. The Morgan fingerprint density at radius 1 is 1.43 bits per heavy atom. The van der Waals surface area contributed by atoms with Crippen LogP contribution in [0.4, 0.5) is 0 Å². The molecule has 21 heavy (non-hydrogen) atoms. The fourth-order valence-corrected chi connectivity index (χ4v) is 3.07. The van der Waals surface area contributed by atoms with E-state index in [0.717, 1.165) is 44.7 Å². The van der Waals surface area contributed by atoms with Gasteiger partial charge in [-0.05, 0) is 31.0 Å². The fourth-order valence-electron chi connectivity index (χ4n) is 3.07. The quantitative estimate of drug-likeness (QED) is 0.898. The number of hydrogen-bond donors (Lipinski definition) is 1. The average molecular weight is 287 g/mol. The number of rotatable bonds is 5. The molecule has 1 N–H and O–H groups in total. The maximum absolute atomic E-state index is 9.59. The molecule has 0 aromatic heterocycles. The topological polar surface area (TPSA) is 50.5 Å². The number of β-amino-alcohol motifs (C(OH)–C–C–N with tert-alkyl or cyclic N) is 1. The number of hydrogen-bond acceptors (Lipinski definition) is 4. The first-order valence-electron chi connectivity index (χ1n) is 7.76. The van der Waals surface area contributed by atoms with Gasteiger partial charge in [0.05, 0.1) is 17.7 Å². The molecule has 0 amide bonds. The number of aliphatic hydroxyl groups excluding tert-OH is 1. The van der Waals surface area contributed by atoms with Crippen LogP contribution in [0.1, 0.15) is 31.4 Å². The van der Waals surface area contributed by atoms with Gasteiger partial charge in [0.2, 0.25) is 0 Å². The van der Waals surface area contributed by atoms with Crippen molar-refractivity contribution in [2.45, 2.75) is 39.0 Å². The molecule has 0 radical (unpaired) electrons. The van der Waals surface area contributed by atoms with E-state index < -0.39 is 0 Å². The summed E-state index contributed by atoms with van der Waals surface area (Å²) in [5.74, 6) is 0. The average Bonchev–Trinajstić information content (AvgIpc) is 2.48. The lowest BCUT2D eigenvalue weighted by atomic mass is 10.1. The highest BCUT2D eigenvalue weighted by Gasteiger charge is 2.26. The van der Waals surface area contributed by atoms with Crippen LogP contribution in [0.25, 0.3) is 0 Å². The predicted molar refractivity (Wildman–Crippen MR) is 83.8 cm³/mol. The van der Waals surface area contributed by atoms with E-state index in [1.807, 2.05) is 25.1 Å². The molecule has 0 aliphatic carbocycles. The first kappa shape index (κ1) is 16.0. The molecular weight excluding hydrogens is 262 g/mol. The van der Waals surface area contributed by atoms with Gasteiger partial charge in [0.25, 0.3) is 0 Å². The van der Waals surface area contributed by atoms with Crippen LogP contribution in [-0.4, -0.2) is 53.2 Å². The van der Waals surface area contributed by atoms with E-state index in [2.05, 4.69) is 28.9 Å². The van der Waals surface area contributed by atoms with Gasteiger partial charge < -0.3 is 5.11 Å². The normalized spacial score (nSPS) is 21.9. The van der Waals surface area contributed by atoms with Crippen molar-refractivity contribution in [3.63, 3.8) is 0 Å². The Morgan fingerprint density at radius 2 is 2.24 bits per heavy atom. The molecule has 0 spiro atoms. The Balaban J connectivity index is 1.95. The van der Waals surface area contributed by atoms with Crippen molar-refractivity contribution in [2.75, 3.05) is 26.2 Å². The number of nitriles is 1. The maximum atomic E-state index is 9.59. The molecule has 1 heterocycles. The van der Waals surface area contributed by atoms with Crippen LogP contribution in [-0.2, 0) is 6.54 Å². The van der Waals surface area contributed by atoms with Gasteiger partial charge in [0.15, 0.2) is 0 Å². The second-order valence-corrected chi connectivity index (χ2v) is 5.95. The minimum atomic E-state index is -0.266. The lowest BCUT2D eigenvalue weighted by Crippen LogP contribution is -2.54. The van der Waals surface area contributed by atoms with Gasteiger partial charge >= 0.3 is 0 Å². The Hall–Kier alpha value is -1.41. The minimum Gasteiger partial charge on any atom is -0.392 e. The van der Waals surface area contributed by atoms with Gasteiger partial charge in [-0.1, -0.05) is 19.1 Å². The highest BCUT2D eigenvalue weighted by Crippen LogP contribution is 2.16. The summed E-state index contributed by atoms with van der Waals surface area (Å²) in [5.41, 5.74) is 1.93. The van der Waals surface area contributed by atoms with E-state index in [-0.39, 0.29) is 6.10 Å². The molecule has 1 aliphatic heterocycles. The summed E-state index contributed by atoms with van der Waals surface area (Å²) in [6, 6.07) is 10.6. The molecule has 0 saturated carbocycles. The maximum Gasteiger partial charge on any atom is 0.0991 e. The Bertz CT molecular complexity index is 495. The standard InChI is InChI=1S/C17H25N3O/c1-3-17-13-19(7-8-20(17)11-14(2)21)12-16-6-4-5-15(9-16)10-18/h4-6,9,14,17,21H,3,7-8,11-13H2,1-2H3/t14-,17-/m0/s1. The van der Waals surface area contributed by atoms with E-state index >= 15 is 0 Å². The third kappa shape index (κ3) is 4.53. The Kier molecular flexibility index (Phi) is 5.75. The number of aliphatic hydroxyl groups is 1. The van der Waals surface area contributed by atoms with Crippen molar-refractivity contribution in [1.29, 1.82) is 5.26 Å². The third-order valence-corrected chi connectivity index (χ3v) is 4.12. The highest BCUT2D eigenvalue weighted by atomic mass is 16.3. The molecule has 4 nitrogen and oxygen atoms in total. The van der Waals surface area contributed by atoms with E-state index in [1.165, 1.54) is 5.56 Å². The molecule has 1 aromatic rings. The monoisotopic (exact) mass is 287 g/mol. The van der Waals surface area contributed by atoms with Crippen LogP contribution in [0, 0.1) is 11.3 Å². The van der Waals surface area contributed by atoms with Gasteiger partial charge in [-0.15, -0.1) is 0 Å². The van der Waals surface area contributed by atoms with Crippen molar-refractivity contribution >= 4 is 0 Å². The molecule has 114 valence electrons. The summed E-state index contributed by atoms with van der Waals surface area (Å²) in [6.45, 7) is 8.76.